The molecule has 1 saturated heterocycles. The normalized spacial score (nSPS) is 27.6. The second-order valence-electron chi connectivity index (χ2n) is 3.72. The Bertz CT molecular complexity index is 312. The predicted molar refractivity (Wildman–Crippen MR) is 61.9 cm³/mol. The Morgan fingerprint density at radius 1 is 1.50 bits per heavy atom. The van der Waals surface area contributed by atoms with Crippen molar-refractivity contribution in [2.24, 2.45) is 0 Å². The summed E-state index contributed by atoms with van der Waals surface area (Å²) in [6.07, 6.45) is 0.995. The molecular formula is C8H18O6S2. The lowest BCUT2D eigenvalue weighted by atomic mass is 10.3. The molecule has 6 nitrogen and oxygen atoms in total. The van der Waals surface area contributed by atoms with Crippen LogP contribution in [0.4, 0.5) is 0 Å². The summed E-state index contributed by atoms with van der Waals surface area (Å²) < 4.78 is 51.0. The van der Waals surface area contributed by atoms with Gasteiger partial charge in [-0.15, -0.1) is 0 Å². The Kier molecular flexibility index (Phi) is 5.02. The van der Waals surface area contributed by atoms with Crippen LogP contribution in [0.3, 0.4) is 0 Å². The second kappa shape index (κ2) is 5.65. The van der Waals surface area contributed by atoms with E-state index in [0.717, 1.165) is 6.42 Å². The van der Waals surface area contributed by atoms with Gasteiger partial charge in [0.2, 0.25) is 0 Å². The molecule has 1 atom stereocenters. The van der Waals surface area contributed by atoms with Crippen LogP contribution in [0.2, 0.25) is 0 Å². The Morgan fingerprint density at radius 2 is 2.19 bits per heavy atom. The van der Waals surface area contributed by atoms with Crippen LogP contribution in [-0.2, 0) is 18.5 Å². The topological polar surface area (TPSA) is 93.1 Å². The molecule has 0 amide bonds. The van der Waals surface area contributed by atoms with Crippen molar-refractivity contribution in [3.05, 3.63) is 0 Å². The summed E-state index contributed by atoms with van der Waals surface area (Å²) in [5, 5.41) is 0. The van der Waals surface area contributed by atoms with E-state index >= 15 is 0 Å². The Balaban J connectivity index is 2.47. The summed E-state index contributed by atoms with van der Waals surface area (Å²) in [7, 11) is -6.67. The molecule has 8 heteroatoms. The minimum Gasteiger partial charge on any atom is -0.308 e. The Labute approximate surface area is 97.6 Å². The Morgan fingerprint density at radius 3 is 2.75 bits per heavy atom. The molecule has 0 spiro atoms. The van der Waals surface area contributed by atoms with E-state index in [1.54, 1.807) is 0 Å². The van der Waals surface area contributed by atoms with Crippen molar-refractivity contribution in [3.63, 3.8) is 0 Å². The molecule has 0 bridgehead atoms. The largest absolute Gasteiger partial charge is 0.308 e. The van der Waals surface area contributed by atoms with E-state index in [0.29, 0.717) is 12.8 Å². The lowest BCUT2D eigenvalue weighted by molar-refractivity contribution is 0.143. The van der Waals surface area contributed by atoms with Crippen molar-refractivity contribution < 1.29 is 25.9 Å². The number of rotatable bonds is 5. The number of unbranched alkanes of at least 4 members (excludes halogenated alkanes) is 1. The zero-order valence-corrected chi connectivity index (χ0v) is 10.8. The number of hydrogen-bond acceptors (Lipinski definition) is 6. The quantitative estimate of drug-likeness (QED) is 0.739. The third-order valence-electron chi connectivity index (χ3n) is 2.15. The van der Waals surface area contributed by atoms with Crippen molar-refractivity contribution in [2.45, 2.75) is 32.3 Å². The average molecular weight is 274 g/mol. The van der Waals surface area contributed by atoms with Crippen molar-refractivity contribution in [1.82, 2.24) is 0 Å². The molecule has 1 aliphatic heterocycles. The van der Waals surface area contributed by atoms with Gasteiger partial charge < -0.3 is 9.11 Å². The van der Waals surface area contributed by atoms with E-state index in [1.807, 2.05) is 6.92 Å². The summed E-state index contributed by atoms with van der Waals surface area (Å²) in [6.45, 7) is 2.00. The Hall–Kier alpha value is 0.140. The van der Waals surface area contributed by atoms with Gasteiger partial charge in [-0.05, 0) is 6.42 Å². The van der Waals surface area contributed by atoms with Crippen molar-refractivity contribution >= 4 is 21.0 Å². The zero-order valence-electron chi connectivity index (χ0n) is 9.16. The highest BCUT2D eigenvalue weighted by atomic mass is 32.3. The van der Waals surface area contributed by atoms with Crippen LogP contribution < -0.4 is 0 Å². The fourth-order valence-corrected chi connectivity index (χ4v) is 3.92. The fraction of sp³-hybridized carbons (Fsp3) is 1.00. The van der Waals surface area contributed by atoms with E-state index in [9.17, 15) is 17.5 Å². The molecule has 2 N–H and O–H groups in total. The zero-order chi connectivity index (χ0) is 12.2. The SMILES string of the molecule is CCCCS(=O)(=O)OC1CCOS(O)(O)C1. The van der Waals surface area contributed by atoms with E-state index in [4.69, 9.17) is 8.37 Å². The highest BCUT2D eigenvalue weighted by Crippen LogP contribution is 2.44. The minimum absolute atomic E-state index is 0.0277. The van der Waals surface area contributed by atoms with Crippen LogP contribution in [0.5, 0.6) is 0 Å². The smallest absolute Gasteiger partial charge is 0.267 e. The van der Waals surface area contributed by atoms with Gasteiger partial charge in [-0.2, -0.15) is 8.42 Å². The summed E-state index contributed by atoms with van der Waals surface area (Å²) in [5.74, 6) is -0.196. The summed E-state index contributed by atoms with van der Waals surface area (Å²) in [6, 6.07) is 0. The lowest BCUT2D eigenvalue weighted by Gasteiger charge is -2.34. The van der Waals surface area contributed by atoms with Crippen LogP contribution in [-0.4, -0.2) is 41.7 Å². The molecule has 0 aliphatic carbocycles. The molecule has 98 valence electrons. The molecule has 0 aromatic carbocycles. The molecule has 0 aromatic rings. The van der Waals surface area contributed by atoms with Crippen LogP contribution in [0.1, 0.15) is 26.2 Å². The first-order chi connectivity index (χ1) is 7.35. The van der Waals surface area contributed by atoms with Gasteiger partial charge in [0, 0.05) is 6.42 Å². The molecular weight excluding hydrogens is 256 g/mol. The number of hydrogen-bond donors (Lipinski definition) is 2. The first-order valence-corrected chi connectivity index (χ1v) is 8.38. The summed E-state index contributed by atoms with van der Waals surface area (Å²) in [5.41, 5.74) is 0. The van der Waals surface area contributed by atoms with E-state index in [1.165, 1.54) is 0 Å². The van der Waals surface area contributed by atoms with Crippen molar-refractivity contribution in [3.8, 4) is 0 Å². The van der Waals surface area contributed by atoms with Gasteiger partial charge in [-0.3, -0.25) is 8.37 Å². The maximum atomic E-state index is 11.5. The van der Waals surface area contributed by atoms with E-state index in [2.05, 4.69) is 0 Å². The highest BCUT2D eigenvalue weighted by molar-refractivity contribution is 8.20. The third kappa shape index (κ3) is 4.98. The van der Waals surface area contributed by atoms with Gasteiger partial charge in [0.25, 0.3) is 10.1 Å². The van der Waals surface area contributed by atoms with Crippen molar-refractivity contribution in [1.29, 1.82) is 0 Å². The van der Waals surface area contributed by atoms with E-state index in [-0.39, 0.29) is 18.1 Å². The van der Waals surface area contributed by atoms with Crippen molar-refractivity contribution in [2.75, 3.05) is 18.1 Å². The average Bonchev–Trinajstić information content (AvgIpc) is 2.12. The first-order valence-electron chi connectivity index (χ1n) is 5.16. The van der Waals surface area contributed by atoms with Crippen LogP contribution >= 0.6 is 10.9 Å². The minimum atomic E-state index is -3.56. The maximum absolute atomic E-state index is 11.5. The van der Waals surface area contributed by atoms with Crippen LogP contribution in [0, 0.1) is 0 Å². The maximum Gasteiger partial charge on any atom is 0.267 e. The molecule has 1 aliphatic rings. The molecule has 0 radical (unpaired) electrons. The second-order valence-corrected chi connectivity index (χ2v) is 7.22. The third-order valence-corrected chi connectivity index (χ3v) is 4.85. The molecule has 1 fully saturated rings. The predicted octanol–water partition coefficient (Wildman–Crippen LogP) is 1.59. The molecule has 0 aromatic heterocycles. The van der Waals surface area contributed by atoms with Gasteiger partial charge in [-0.1, -0.05) is 13.3 Å². The molecule has 1 unspecified atom stereocenters. The first kappa shape index (κ1) is 14.2. The molecule has 16 heavy (non-hydrogen) atoms. The fourth-order valence-electron chi connectivity index (χ4n) is 1.34. The standard InChI is InChI=1S/C8H18O6S2/c1-2-3-6-15(9,10)14-8-4-5-13-16(11,12)7-8/h8,11-12H,2-7H2,1H3. The monoisotopic (exact) mass is 274 g/mol. The van der Waals surface area contributed by atoms with Crippen LogP contribution in [0.25, 0.3) is 0 Å². The molecule has 0 saturated carbocycles. The van der Waals surface area contributed by atoms with Gasteiger partial charge >= 0.3 is 0 Å². The van der Waals surface area contributed by atoms with Gasteiger partial charge in [0.1, 0.15) is 0 Å². The van der Waals surface area contributed by atoms with Gasteiger partial charge in [0.05, 0.1) is 35.1 Å². The molecule has 1 rings (SSSR count). The van der Waals surface area contributed by atoms with Gasteiger partial charge in [-0.25, -0.2) is 0 Å². The molecule has 1 heterocycles. The highest BCUT2D eigenvalue weighted by Gasteiger charge is 2.32. The summed E-state index contributed by atoms with van der Waals surface area (Å²) >= 11 is 0. The van der Waals surface area contributed by atoms with Crippen LogP contribution in [0.15, 0.2) is 0 Å². The summed E-state index contributed by atoms with van der Waals surface area (Å²) in [4.78, 5) is 0. The van der Waals surface area contributed by atoms with E-state index < -0.39 is 27.1 Å². The van der Waals surface area contributed by atoms with Gasteiger partial charge in [0.15, 0.2) is 0 Å². The lowest BCUT2D eigenvalue weighted by Crippen LogP contribution is -2.32.